The molecule has 0 aliphatic rings. The molecule has 0 spiro atoms. The summed E-state index contributed by atoms with van der Waals surface area (Å²) in [6.07, 6.45) is 1.49. The van der Waals surface area contributed by atoms with Crippen LogP contribution in [0.4, 0.5) is 0 Å². The number of carboxylic acids is 1. The molecule has 110 valence electrons. The van der Waals surface area contributed by atoms with Gasteiger partial charge < -0.3 is 20.6 Å². The molecule has 0 fully saturated rings. The summed E-state index contributed by atoms with van der Waals surface area (Å²) < 4.78 is 5.13. The van der Waals surface area contributed by atoms with E-state index in [1.807, 2.05) is 0 Å². The summed E-state index contributed by atoms with van der Waals surface area (Å²) in [6.45, 7) is 0.757. The number of nitrogens with one attached hydrogen (secondary N) is 1. The van der Waals surface area contributed by atoms with E-state index in [-0.39, 0.29) is 19.1 Å². The summed E-state index contributed by atoms with van der Waals surface area (Å²) in [5, 5.41) is 11.3. The fourth-order valence-corrected chi connectivity index (χ4v) is 1.68. The largest absolute Gasteiger partial charge is 0.480 e. The van der Waals surface area contributed by atoms with E-state index in [2.05, 4.69) is 5.32 Å². The van der Waals surface area contributed by atoms with Crippen molar-refractivity contribution in [2.75, 3.05) is 19.6 Å². The third-order valence-corrected chi connectivity index (χ3v) is 2.45. The van der Waals surface area contributed by atoms with Crippen molar-refractivity contribution in [2.24, 2.45) is 5.73 Å². The van der Waals surface area contributed by atoms with Gasteiger partial charge in [0.1, 0.15) is 5.76 Å². The molecule has 1 aromatic heterocycles. The quantitative estimate of drug-likeness (QED) is 0.581. The van der Waals surface area contributed by atoms with Gasteiger partial charge in [-0.15, -0.1) is 0 Å². The first-order valence-corrected chi connectivity index (χ1v) is 5.93. The maximum atomic E-state index is 11.8. The second-order valence-electron chi connectivity index (χ2n) is 4.31. The molecule has 4 N–H and O–H groups in total. The van der Waals surface area contributed by atoms with E-state index >= 15 is 0 Å². The SMILES string of the molecule is CC(NC(=O)CN(CC(N)=O)CC(=O)O)c1ccco1. The van der Waals surface area contributed by atoms with E-state index in [9.17, 15) is 14.4 Å². The Morgan fingerprint density at radius 1 is 1.40 bits per heavy atom. The molecular formula is C12H17N3O5. The lowest BCUT2D eigenvalue weighted by Crippen LogP contribution is -2.44. The van der Waals surface area contributed by atoms with Crippen LogP contribution >= 0.6 is 0 Å². The van der Waals surface area contributed by atoms with Crippen LogP contribution in [-0.2, 0) is 14.4 Å². The van der Waals surface area contributed by atoms with Gasteiger partial charge in [0.15, 0.2) is 0 Å². The van der Waals surface area contributed by atoms with Gasteiger partial charge in [-0.2, -0.15) is 0 Å². The second kappa shape index (κ2) is 7.29. The van der Waals surface area contributed by atoms with Crippen molar-refractivity contribution < 1.29 is 23.9 Å². The highest BCUT2D eigenvalue weighted by atomic mass is 16.4. The molecule has 8 heteroatoms. The van der Waals surface area contributed by atoms with Crippen molar-refractivity contribution in [1.82, 2.24) is 10.2 Å². The maximum Gasteiger partial charge on any atom is 0.317 e. The van der Waals surface area contributed by atoms with E-state index in [4.69, 9.17) is 15.3 Å². The number of carboxylic acid groups (broad SMARTS) is 1. The number of amides is 2. The molecule has 20 heavy (non-hydrogen) atoms. The first-order chi connectivity index (χ1) is 9.38. The fourth-order valence-electron chi connectivity index (χ4n) is 1.68. The molecule has 1 atom stereocenters. The highest BCUT2D eigenvalue weighted by Crippen LogP contribution is 2.11. The van der Waals surface area contributed by atoms with Crippen molar-refractivity contribution >= 4 is 17.8 Å². The third-order valence-electron chi connectivity index (χ3n) is 2.45. The number of carbonyl (C=O) groups is 3. The van der Waals surface area contributed by atoms with Gasteiger partial charge in [-0.1, -0.05) is 0 Å². The Bertz CT molecular complexity index is 455. The molecule has 2 amide bonds. The zero-order valence-electron chi connectivity index (χ0n) is 11.0. The smallest absolute Gasteiger partial charge is 0.317 e. The van der Waals surface area contributed by atoms with Crippen molar-refractivity contribution in [2.45, 2.75) is 13.0 Å². The zero-order valence-corrected chi connectivity index (χ0v) is 11.0. The van der Waals surface area contributed by atoms with Crippen LogP contribution in [0.25, 0.3) is 0 Å². The van der Waals surface area contributed by atoms with Crippen LogP contribution < -0.4 is 11.1 Å². The highest BCUT2D eigenvalue weighted by molar-refractivity contribution is 5.81. The highest BCUT2D eigenvalue weighted by Gasteiger charge is 2.18. The molecule has 0 aliphatic carbocycles. The lowest BCUT2D eigenvalue weighted by atomic mass is 10.2. The number of nitrogens with two attached hydrogens (primary N) is 1. The summed E-state index contributed by atoms with van der Waals surface area (Å²) in [7, 11) is 0. The van der Waals surface area contributed by atoms with Gasteiger partial charge in [0.25, 0.3) is 0 Å². The van der Waals surface area contributed by atoms with Crippen molar-refractivity contribution in [3.63, 3.8) is 0 Å². The number of hydrogen-bond acceptors (Lipinski definition) is 5. The number of furan rings is 1. The molecule has 1 heterocycles. The number of carbonyl (C=O) groups excluding carboxylic acids is 2. The lowest BCUT2D eigenvalue weighted by molar-refractivity contribution is -0.139. The molecule has 8 nitrogen and oxygen atoms in total. The number of aliphatic carboxylic acids is 1. The number of nitrogens with zero attached hydrogens (tertiary/aromatic N) is 1. The summed E-state index contributed by atoms with van der Waals surface area (Å²) in [6, 6.07) is 3.06. The van der Waals surface area contributed by atoms with Crippen LogP contribution in [0.1, 0.15) is 18.7 Å². The molecule has 1 rings (SSSR count). The summed E-state index contributed by atoms with van der Waals surface area (Å²) in [4.78, 5) is 34.4. The maximum absolute atomic E-state index is 11.8. The molecule has 1 unspecified atom stereocenters. The topological polar surface area (TPSA) is 126 Å². The Morgan fingerprint density at radius 3 is 2.60 bits per heavy atom. The number of hydrogen-bond donors (Lipinski definition) is 3. The standard InChI is InChI=1S/C12H17N3O5/c1-8(9-3-2-4-20-9)14-11(17)6-15(5-10(13)16)7-12(18)19/h2-4,8H,5-7H2,1H3,(H2,13,16)(H,14,17)(H,18,19). The van der Waals surface area contributed by atoms with Crippen LogP contribution in [-0.4, -0.2) is 47.4 Å². The average Bonchev–Trinajstić information content (AvgIpc) is 2.79. The Kier molecular flexibility index (Phi) is 5.73. The predicted octanol–water partition coefficient (Wildman–Crippen LogP) is -0.671. The Morgan fingerprint density at radius 2 is 2.10 bits per heavy atom. The van der Waals surface area contributed by atoms with Crippen molar-refractivity contribution in [3.05, 3.63) is 24.2 Å². The van der Waals surface area contributed by atoms with Gasteiger partial charge in [-0.25, -0.2) is 0 Å². The van der Waals surface area contributed by atoms with Crippen LogP contribution in [0.2, 0.25) is 0 Å². The van der Waals surface area contributed by atoms with Crippen LogP contribution in [0.15, 0.2) is 22.8 Å². The minimum Gasteiger partial charge on any atom is -0.480 e. The first-order valence-electron chi connectivity index (χ1n) is 5.93. The molecule has 0 bridgehead atoms. The Balaban J connectivity index is 2.52. The molecule has 0 saturated carbocycles. The summed E-state index contributed by atoms with van der Waals surface area (Å²) in [5.74, 6) is -1.68. The molecule has 0 saturated heterocycles. The van der Waals surface area contributed by atoms with Crippen LogP contribution in [0.3, 0.4) is 0 Å². The number of primary amides is 1. The van der Waals surface area contributed by atoms with Gasteiger partial charge in [-0.3, -0.25) is 19.3 Å². The van der Waals surface area contributed by atoms with E-state index in [0.29, 0.717) is 5.76 Å². The normalized spacial score (nSPS) is 12.1. The molecule has 0 aromatic carbocycles. The summed E-state index contributed by atoms with van der Waals surface area (Å²) >= 11 is 0. The van der Waals surface area contributed by atoms with Crippen LogP contribution in [0, 0.1) is 0 Å². The second-order valence-corrected chi connectivity index (χ2v) is 4.31. The Hall–Kier alpha value is -2.35. The van der Waals surface area contributed by atoms with Crippen molar-refractivity contribution in [1.29, 1.82) is 0 Å². The molecule has 0 aliphatic heterocycles. The van der Waals surface area contributed by atoms with Gasteiger partial charge in [0.05, 0.1) is 31.9 Å². The summed E-state index contributed by atoms with van der Waals surface area (Å²) in [5.41, 5.74) is 5.00. The lowest BCUT2D eigenvalue weighted by Gasteiger charge is -2.19. The monoisotopic (exact) mass is 283 g/mol. The van der Waals surface area contributed by atoms with E-state index in [1.54, 1.807) is 19.1 Å². The van der Waals surface area contributed by atoms with E-state index in [1.165, 1.54) is 6.26 Å². The minimum absolute atomic E-state index is 0.236. The molecular weight excluding hydrogens is 266 g/mol. The van der Waals surface area contributed by atoms with Gasteiger partial charge >= 0.3 is 5.97 Å². The van der Waals surface area contributed by atoms with Gasteiger partial charge in [0, 0.05) is 0 Å². The Labute approximate surface area is 115 Å². The van der Waals surface area contributed by atoms with E-state index in [0.717, 1.165) is 4.90 Å². The first kappa shape index (κ1) is 15.7. The zero-order chi connectivity index (χ0) is 15.1. The average molecular weight is 283 g/mol. The number of rotatable bonds is 8. The van der Waals surface area contributed by atoms with E-state index < -0.39 is 24.3 Å². The predicted molar refractivity (Wildman–Crippen MR) is 68.5 cm³/mol. The van der Waals surface area contributed by atoms with Gasteiger partial charge in [0.2, 0.25) is 11.8 Å². The fraction of sp³-hybridized carbons (Fsp3) is 0.417. The third kappa shape index (κ3) is 5.53. The molecule has 0 radical (unpaired) electrons. The minimum atomic E-state index is -1.14. The van der Waals surface area contributed by atoms with Gasteiger partial charge in [-0.05, 0) is 19.1 Å². The van der Waals surface area contributed by atoms with Crippen molar-refractivity contribution in [3.8, 4) is 0 Å². The van der Waals surface area contributed by atoms with Crippen LogP contribution in [0.5, 0.6) is 0 Å². The molecule has 1 aromatic rings.